The van der Waals surface area contributed by atoms with Crippen LogP contribution < -0.4 is 15.9 Å². The van der Waals surface area contributed by atoms with E-state index in [1.54, 1.807) is 6.07 Å². The topological polar surface area (TPSA) is 67.6 Å². The highest BCUT2D eigenvalue weighted by molar-refractivity contribution is 7.98. The molecule has 0 spiro atoms. The molecule has 3 N–H and O–H groups in total. The monoisotopic (exact) mass is 411 g/mol. The highest BCUT2D eigenvalue weighted by Crippen LogP contribution is 2.36. The summed E-state index contributed by atoms with van der Waals surface area (Å²) in [6.07, 6.45) is -2.55. The van der Waals surface area contributed by atoms with Gasteiger partial charge in [0.05, 0.1) is 12.0 Å². The number of urea groups is 1. The molecule has 5 nitrogen and oxygen atoms in total. The maximum Gasteiger partial charge on any atom is 0.335 e. The Morgan fingerprint density at radius 2 is 1.96 bits per heavy atom. The summed E-state index contributed by atoms with van der Waals surface area (Å²) in [6, 6.07) is 9.39. The first-order chi connectivity index (χ1) is 13.3. The third-order valence-corrected chi connectivity index (χ3v) is 4.85. The van der Waals surface area contributed by atoms with Crippen LogP contribution in [0.4, 0.5) is 19.3 Å². The number of methoxy groups -OCH3 is 1. The minimum Gasteiger partial charge on any atom is -0.496 e. The molecular weight excluding hydrogens is 384 g/mol. The average Bonchev–Trinajstić information content (AvgIpc) is 2.68. The van der Waals surface area contributed by atoms with Gasteiger partial charge in [-0.1, -0.05) is 26.0 Å². The molecule has 0 atom stereocenters. The first-order valence-electron chi connectivity index (χ1n) is 8.80. The Kier molecular flexibility index (Phi) is 9.75. The van der Waals surface area contributed by atoms with Crippen LogP contribution in [0.25, 0.3) is 0 Å². The molecule has 0 fully saturated rings. The van der Waals surface area contributed by atoms with Crippen molar-refractivity contribution in [2.24, 2.45) is 5.84 Å². The zero-order valence-electron chi connectivity index (χ0n) is 16.8. The SMILES string of the molecule is CC.COc1ccc(C(F)F)cc1SCc1c(C)cccc1NC(=O)N(C)N. The van der Waals surface area contributed by atoms with Gasteiger partial charge >= 0.3 is 6.03 Å². The molecule has 0 heterocycles. The Hall–Kier alpha value is -2.32. The number of nitrogens with one attached hydrogen (secondary N) is 1. The molecule has 0 bridgehead atoms. The lowest BCUT2D eigenvalue weighted by Gasteiger charge is -2.17. The molecule has 8 heteroatoms. The van der Waals surface area contributed by atoms with Crippen molar-refractivity contribution in [3.8, 4) is 5.75 Å². The van der Waals surface area contributed by atoms with Gasteiger partial charge in [-0.2, -0.15) is 0 Å². The van der Waals surface area contributed by atoms with Crippen LogP contribution >= 0.6 is 11.8 Å². The van der Waals surface area contributed by atoms with E-state index in [4.69, 9.17) is 10.6 Å². The number of carbonyl (C=O) groups excluding carboxylic acids is 1. The van der Waals surface area contributed by atoms with E-state index in [0.717, 1.165) is 16.1 Å². The lowest BCUT2D eigenvalue weighted by atomic mass is 10.1. The second-order valence-electron chi connectivity index (χ2n) is 5.64. The minimum atomic E-state index is -2.55. The Morgan fingerprint density at radius 3 is 2.54 bits per heavy atom. The van der Waals surface area contributed by atoms with Gasteiger partial charge < -0.3 is 10.1 Å². The van der Waals surface area contributed by atoms with E-state index in [2.05, 4.69) is 5.32 Å². The molecule has 2 aromatic carbocycles. The first kappa shape index (κ1) is 23.7. The predicted molar refractivity (Wildman–Crippen MR) is 111 cm³/mol. The van der Waals surface area contributed by atoms with Gasteiger partial charge in [-0.15, -0.1) is 11.8 Å². The van der Waals surface area contributed by atoms with E-state index in [9.17, 15) is 13.6 Å². The summed E-state index contributed by atoms with van der Waals surface area (Å²) in [7, 11) is 2.94. The van der Waals surface area contributed by atoms with Crippen LogP contribution in [0, 0.1) is 6.92 Å². The number of halogens is 2. The van der Waals surface area contributed by atoms with Crippen LogP contribution in [0.1, 0.15) is 37.0 Å². The minimum absolute atomic E-state index is 0.0589. The molecule has 2 rings (SSSR count). The number of alkyl halides is 2. The van der Waals surface area contributed by atoms with Crippen LogP contribution in [-0.4, -0.2) is 25.2 Å². The van der Waals surface area contributed by atoms with Gasteiger partial charge in [-0.25, -0.2) is 19.4 Å². The maximum absolute atomic E-state index is 13.0. The van der Waals surface area contributed by atoms with Gasteiger partial charge in [-0.05, 0) is 42.3 Å². The van der Waals surface area contributed by atoms with Crippen LogP contribution in [0.2, 0.25) is 0 Å². The van der Waals surface area contributed by atoms with Crippen LogP contribution in [-0.2, 0) is 5.75 Å². The number of carbonyl (C=O) groups is 1. The molecule has 0 unspecified atom stereocenters. The van der Waals surface area contributed by atoms with Crippen molar-refractivity contribution in [1.82, 2.24) is 5.01 Å². The zero-order chi connectivity index (χ0) is 21.3. The fraction of sp³-hybridized carbons (Fsp3) is 0.350. The fourth-order valence-corrected chi connectivity index (χ4v) is 3.50. The molecule has 2 aromatic rings. The van der Waals surface area contributed by atoms with Crippen molar-refractivity contribution >= 4 is 23.5 Å². The molecule has 0 saturated heterocycles. The van der Waals surface area contributed by atoms with Gasteiger partial charge in [0.15, 0.2) is 0 Å². The number of hydrogen-bond donors (Lipinski definition) is 2. The maximum atomic E-state index is 13.0. The standard InChI is InChI=1S/C18H21F2N3O2S.C2H6/c1-11-5-4-6-14(22-18(24)23(2)21)13(11)10-26-16-9-12(17(19)20)7-8-15(16)25-3;1-2/h4-9,17H,10,21H2,1-3H3,(H,22,24);1-2H3. The Balaban J connectivity index is 0.00000190. The molecular formula is C20H27F2N3O2S. The van der Waals surface area contributed by atoms with E-state index in [-0.39, 0.29) is 5.56 Å². The largest absolute Gasteiger partial charge is 0.496 e. The number of nitrogens with two attached hydrogens (primary N) is 1. The third-order valence-electron chi connectivity index (χ3n) is 3.78. The second-order valence-corrected chi connectivity index (χ2v) is 6.66. The van der Waals surface area contributed by atoms with E-state index in [0.29, 0.717) is 22.1 Å². The van der Waals surface area contributed by atoms with Crippen molar-refractivity contribution in [2.75, 3.05) is 19.5 Å². The van der Waals surface area contributed by atoms with Gasteiger partial charge in [0.2, 0.25) is 0 Å². The number of aryl methyl sites for hydroxylation is 1. The van der Waals surface area contributed by atoms with E-state index in [1.807, 2.05) is 32.9 Å². The summed E-state index contributed by atoms with van der Waals surface area (Å²) in [5, 5.41) is 3.70. The summed E-state index contributed by atoms with van der Waals surface area (Å²) in [6.45, 7) is 5.92. The summed E-state index contributed by atoms with van der Waals surface area (Å²) < 4.78 is 31.2. The van der Waals surface area contributed by atoms with E-state index < -0.39 is 12.5 Å². The van der Waals surface area contributed by atoms with E-state index in [1.165, 1.54) is 44.1 Å². The van der Waals surface area contributed by atoms with Gasteiger partial charge in [0.1, 0.15) is 5.75 Å². The quantitative estimate of drug-likeness (QED) is 0.281. The van der Waals surface area contributed by atoms with Gasteiger partial charge in [0, 0.05) is 24.1 Å². The van der Waals surface area contributed by atoms with Gasteiger partial charge in [0.25, 0.3) is 6.43 Å². The molecule has 0 aliphatic rings. The number of benzene rings is 2. The van der Waals surface area contributed by atoms with Crippen molar-refractivity contribution in [1.29, 1.82) is 0 Å². The summed E-state index contributed by atoms with van der Waals surface area (Å²) in [5.74, 6) is 6.45. The lowest BCUT2D eigenvalue weighted by Crippen LogP contribution is -2.37. The molecule has 0 aliphatic heterocycles. The Labute approximate surface area is 169 Å². The van der Waals surface area contributed by atoms with Crippen LogP contribution in [0.5, 0.6) is 5.75 Å². The number of ether oxygens (including phenoxy) is 1. The predicted octanol–water partition coefficient (Wildman–Crippen LogP) is 5.60. The number of nitrogens with zero attached hydrogens (tertiary/aromatic N) is 1. The Morgan fingerprint density at radius 1 is 1.29 bits per heavy atom. The van der Waals surface area contributed by atoms with Crippen molar-refractivity contribution in [3.05, 3.63) is 53.1 Å². The van der Waals surface area contributed by atoms with Gasteiger partial charge in [-0.3, -0.25) is 5.01 Å². The number of hydrazine groups is 1. The number of anilines is 1. The number of hydrogen-bond acceptors (Lipinski definition) is 4. The zero-order valence-corrected chi connectivity index (χ0v) is 17.6. The number of rotatable bonds is 6. The molecule has 28 heavy (non-hydrogen) atoms. The summed E-state index contributed by atoms with van der Waals surface area (Å²) >= 11 is 1.37. The molecule has 0 aromatic heterocycles. The number of amides is 2. The summed E-state index contributed by atoms with van der Waals surface area (Å²) in [5.41, 5.74) is 2.43. The fourth-order valence-electron chi connectivity index (χ4n) is 2.31. The lowest BCUT2D eigenvalue weighted by molar-refractivity contribution is 0.151. The normalized spacial score (nSPS) is 10.2. The molecule has 2 amide bonds. The molecule has 0 aliphatic carbocycles. The van der Waals surface area contributed by atoms with Crippen molar-refractivity contribution in [2.45, 2.75) is 37.8 Å². The highest BCUT2D eigenvalue weighted by atomic mass is 32.2. The molecule has 0 saturated carbocycles. The van der Waals surface area contributed by atoms with E-state index >= 15 is 0 Å². The van der Waals surface area contributed by atoms with Crippen molar-refractivity contribution in [3.63, 3.8) is 0 Å². The summed E-state index contributed by atoms with van der Waals surface area (Å²) in [4.78, 5) is 12.5. The average molecular weight is 412 g/mol. The van der Waals surface area contributed by atoms with Crippen molar-refractivity contribution < 1.29 is 18.3 Å². The molecule has 0 radical (unpaired) electrons. The molecule has 154 valence electrons. The van der Waals surface area contributed by atoms with Crippen LogP contribution in [0.3, 0.4) is 0 Å². The smallest absolute Gasteiger partial charge is 0.335 e. The first-order valence-corrected chi connectivity index (χ1v) is 9.78. The number of thioether (sulfide) groups is 1. The highest BCUT2D eigenvalue weighted by Gasteiger charge is 2.15. The van der Waals surface area contributed by atoms with Crippen LogP contribution in [0.15, 0.2) is 41.3 Å². The Bertz CT molecular complexity index is 786. The second kappa shape index (κ2) is 11.5. The third kappa shape index (κ3) is 6.38.